The summed E-state index contributed by atoms with van der Waals surface area (Å²) in [4.78, 5) is 14.9. The van der Waals surface area contributed by atoms with Crippen LogP contribution in [0.25, 0.3) is 11.0 Å². The lowest BCUT2D eigenvalue weighted by atomic mass is 10.2. The smallest absolute Gasteiger partial charge is 0.294 e. The molecule has 0 fully saturated rings. The van der Waals surface area contributed by atoms with Crippen molar-refractivity contribution in [2.45, 2.75) is 90.1 Å². The Morgan fingerprint density at radius 1 is 0.757 bits per heavy atom. The van der Waals surface area contributed by atoms with Crippen LogP contribution in [-0.2, 0) is 10.1 Å². The zero-order chi connectivity index (χ0) is 26.8. The fourth-order valence-electron chi connectivity index (χ4n) is 4.60. The summed E-state index contributed by atoms with van der Waals surface area (Å²) in [6.45, 7) is 10.8. The summed E-state index contributed by atoms with van der Waals surface area (Å²) in [5.74, 6) is 2.17. The van der Waals surface area contributed by atoms with E-state index in [1.807, 2.05) is 6.92 Å². The molecule has 0 radical (unpaired) electrons. The minimum absolute atomic E-state index is 0.0666. The minimum Gasteiger partial charge on any atom is -0.333 e. The van der Waals surface area contributed by atoms with Crippen molar-refractivity contribution in [3.05, 3.63) is 54.1 Å². The number of fused-ring (bicyclic) bond motifs is 2. The van der Waals surface area contributed by atoms with Gasteiger partial charge in [-0.05, 0) is 51.0 Å². The number of hydrogen-bond acceptors (Lipinski definition) is 6. The second-order valence-electron chi connectivity index (χ2n) is 9.79. The van der Waals surface area contributed by atoms with Crippen LogP contribution < -0.4 is 9.80 Å². The number of unbranched alkanes of at least 4 members (excludes halogenated alkanes) is 6. The molecule has 1 aromatic heterocycles. The predicted octanol–water partition coefficient (Wildman–Crippen LogP) is 7.00. The highest BCUT2D eigenvalue weighted by Crippen LogP contribution is 2.38. The Balaban J connectivity index is 0.000000289. The molecule has 0 spiro atoms. The molecule has 202 valence electrons. The molecule has 0 saturated heterocycles. The third kappa shape index (κ3) is 7.89. The largest absolute Gasteiger partial charge is 0.333 e. The maximum atomic E-state index is 10.5. The van der Waals surface area contributed by atoms with E-state index in [0.717, 1.165) is 41.3 Å². The van der Waals surface area contributed by atoms with Crippen molar-refractivity contribution < 1.29 is 13.0 Å². The second kappa shape index (κ2) is 13.7. The minimum atomic E-state index is -4.02. The molecular weight excluding hydrogens is 484 g/mol. The Morgan fingerprint density at radius 3 is 1.62 bits per heavy atom. The Hall–Kier alpha value is -2.71. The molecule has 2 aromatic carbocycles. The Morgan fingerprint density at radius 2 is 1.22 bits per heavy atom. The first-order chi connectivity index (χ1) is 17.8. The maximum absolute atomic E-state index is 10.5. The molecule has 0 atom stereocenters. The molecule has 1 aliphatic heterocycles. The fourth-order valence-corrected chi connectivity index (χ4v) is 5.08. The molecular formula is C29H42N4O3S. The van der Waals surface area contributed by atoms with Crippen molar-refractivity contribution in [3.63, 3.8) is 0 Å². The number of benzene rings is 2. The fraction of sp³-hybridized carbons (Fsp3) is 0.517. The summed E-state index contributed by atoms with van der Waals surface area (Å²) in [5.41, 5.74) is 2.96. The van der Waals surface area contributed by atoms with Crippen LogP contribution in [0.15, 0.2) is 53.4 Å². The predicted molar refractivity (Wildman–Crippen MR) is 153 cm³/mol. The number of aromatic nitrogens is 2. The van der Waals surface area contributed by atoms with Gasteiger partial charge in [0.15, 0.2) is 11.6 Å². The van der Waals surface area contributed by atoms with Gasteiger partial charge in [0.1, 0.15) is 6.17 Å². The van der Waals surface area contributed by atoms with Gasteiger partial charge < -0.3 is 9.80 Å². The van der Waals surface area contributed by atoms with Crippen LogP contribution in [0.2, 0.25) is 0 Å². The van der Waals surface area contributed by atoms with Gasteiger partial charge in [0.2, 0.25) is 0 Å². The van der Waals surface area contributed by atoms with Gasteiger partial charge in [-0.15, -0.1) is 0 Å². The molecule has 4 rings (SSSR count). The third-order valence-electron chi connectivity index (χ3n) is 6.80. The van der Waals surface area contributed by atoms with Crippen LogP contribution in [0.3, 0.4) is 0 Å². The molecule has 0 bridgehead atoms. The van der Waals surface area contributed by atoms with Crippen molar-refractivity contribution in [2.75, 3.05) is 22.9 Å². The first-order valence-electron chi connectivity index (χ1n) is 13.6. The third-order valence-corrected chi connectivity index (χ3v) is 7.67. The molecule has 0 amide bonds. The van der Waals surface area contributed by atoms with Gasteiger partial charge in [0.25, 0.3) is 10.1 Å². The van der Waals surface area contributed by atoms with Crippen LogP contribution in [0.4, 0.5) is 11.6 Å². The zero-order valence-electron chi connectivity index (χ0n) is 22.7. The van der Waals surface area contributed by atoms with Crippen molar-refractivity contribution in [1.29, 1.82) is 0 Å². The number of aryl methyl sites for hydroxylation is 1. The Labute approximate surface area is 222 Å². The molecule has 0 aliphatic carbocycles. The lowest BCUT2D eigenvalue weighted by Crippen LogP contribution is -2.42. The van der Waals surface area contributed by atoms with Crippen molar-refractivity contribution in [2.24, 2.45) is 0 Å². The summed E-state index contributed by atoms with van der Waals surface area (Å²) in [7, 11) is -4.02. The number of para-hydroxylation sites is 2. The van der Waals surface area contributed by atoms with E-state index in [0.29, 0.717) is 6.17 Å². The second-order valence-corrected chi connectivity index (χ2v) is 11.2. The highest BCUT2D eigenvalue weighted by atomic mass is 32.2. The molecule has 1 aliphatic rings. The van der Waals surface area contributed by atoms with Crippen LogP contribution in [0, 0.1) is 6.92 Å². The molecule has 0 unspecified atom stereocenters. The summed E-state index contributed by atoms with van der Waals surface area (Å²) in [6.07, 6.45) is 10.6. The lowest BCUT2D eigenvalue weighted by Gasteiger charge is -2.29. The van der Waals surface area contributed by atoms with E-state index < -0.39 is 10.1 Å². The number of anilines is 2. The summed E-state index contributed by atoms with van der Waals surface area (Å²) < 4.78 is 29.6. The molecule has 2 heterocycles. The molecule has 1 N–H and O–H groups in total. The van der Waals surface area contributed by atoms with E-state index in [4.69, 9.17) is 14.5 Å². The summed E-state index contributed by atoms with van der Waals surface area (Å²) in [5, 5.41) is 0. The summed E-state index contributed by atoms with van der Waals surface area (Å²) >= 11 is 0. The van der Waals surface area contributed by atoms with Gasteiger partial charge >= 0.3 is 0 Å². The normalized spacial score (nSPS) is 13.5. The van der Waals surface area contributed by atoms with E-state index in [2.05, 4.69) is 54.8 Å². The highest BCUT2D eigenvalue weighted by molar-refractivity contribution is 7.85. The molecule has 7 nitrogen and oxygen atoms in total. The van der Waals surface area contributed by atoms with Gasteiger partial charge in [-0.3, -0.25) is 4.55 Å². The molecule has 0 saturated carbocycles. The van der Waals surface area contributed by atoms with Gasteiger partial charge in [-0.25, -0.2) is 9.97 Å². The van der Waals surface area contributed by atoms with Crippen LogP contribution in [0.5, 0.6) is 0 Å². The van der Waals surface area contributed by atoms with Gasteiger partial charge in [-0.2, -0.15) is 8.42 Å². The summed E-state index contributed by atoms with van der Waals surface area (Å²) in [6, 6.07) is 14.2. The van der Waals surface area contributed by atoms with E-state index >= 15 is 0 Å². The first kappa shape index (κ1) is 28.9. The Bertz CT molecular complexity index is 1170. The van der Waals surface area contributed by atoms with Crippen molar-refractivity contribution in [3.8, 4) is 0 Å². The van der Waals surface area contributed by atoms with E-state index in [9.17, 15) is 8.42 Å². The molecule has 3 aromatic rings. The molecule has 37 heavy (non-hydrogen) atoms. The van der Waals surface area contributed by atoms with E-state index in [1.165, 1.54) is 63.5 Å². The highest BCUT2D eigenvalue weighted by Gasteiger charge is 2.35. The van der Waals surface area contributed by atoms with E-state index in [-0.39, 0.29) is 4.90 Å². The van der Waals surface area contributed by atoms with Crippen molar-refractivity contribution in [1.82, 2.24) is 9.97 Å². The average Bonchev–Trinajstić information content (AvgIpc) is 3.13. The van der Waals surface area contributed by atoms with Gasteiger partial charge in [0, 0.05) is 13.1 Å². The Kier molecular flexibility index (Phi) is 10.7. The lowest BCUT2D eigenvalue weighted by molar-refractivity contribution is 0.483. The quantitative estimate of drug-likeness (QED) is 0.212. The molecule has 8 heteroatoms. The standard InChI is InChI=1S/C22H34N4.C7H8O3S/c1-4-6-8-12-16-25-18(3)26(17-13-9-7-5-2)22-21(25)23-19-14-10-11-15-20(19)24-22;1-6-2-4-7(5-3-6)11(8,9)10/h10-11,14-15,18H,4-9,12-13,16-17H2,1-3H3;2-5H,1H3,(H,8,9,10). The van der Waals surface area contributed by atoms with Crippen molar-refractivity contribution >= 4 is 32.8 Å². The maximum Gasteiger partial charge on any atom is 0.294 e. The van der Waals surface area contributed by atoms with Crippen LogP contribution in [-0.4, -0.2) is 42.2 Å². The number of hydrogen-bond donors (Lipinski definition) is 1. The number of rotatable bonds is 11. The topological polar surface area (TPSA) is 86.6 Å². The van der Waals surface area contributed by atoms with Crippen LogP contribution in [0.1, 0.15) is 77.7 Å². The SMILES string of the molecule is CCCCCCN1c2nc3ccccc3nc2N(CCCCCC)C1C.Cc1ccc(S(=O)(=O)O)cc1. The van der Waals surface area contributed by atoms with Gasteiger partial charge in [0.05, 0.1) is 15.9 Å². The van der Waals surface area contributed by atoms with E-state index in [1.54, 1.807) is 12.1 Å². The number of nitrogens with zero attached hydrogens (tertiary/aromatic N) is 4. The van der Waals surface area contributed by atoms with Crippen LogP contribution >= 0.6 is 0 Å². The first-order valence-corrected chi connectivity index (χ1v) is 15.0. The zero-order valence-corrected chi connectivity index (χ0v) is 23.5. The average molecular weight is 527 g/mol. The monoisotopic (exact) mass is 526 g/mol. The van der Waals surface area contributed by atoms with Gasteiger partial charge in [-0.1, -0.05) is 82.2 Å².